The number of aryl methyl sites for hydroxylation is 1. The van der Waals surface area contributed by atoms with Crippen LogP contribution in [0.3, 0.4) is 0 Å². The van der Waals surface area contributed by atoms with Crippen molar-refractivity contribution in [1.29, 1.82) is 0 Å². The fourth-order valence-electron chi connectivity index (χ4n) is 1.93. The van der Waals surface area contributed by atoms with E-state index < -0.39 is 10.8 Å². The van der Waals surface area contributed by atoms with E-state index in [-0.39, 0.29) is 17.4 Å². The summed E-state index contributed by atoms with van der Waals surface area (Å²) in [6.45, 7) is 6.63. The Labute approximate surface area is 139 Å². The Morgan fingerprint density at radius 3 is 2.65 bits per heavy atom. The molecule has 5 nitrogen and oxygen atoms in total. The lowest BCUT2D eigenvalue weighted by molar-refractivity contribution is -0.118. The van der Waals surface area contributed by atoms with Crippen molar-refractivity contribution in [3.8, 4) is 11.5 Å². The van der Waals surface area contributed by atoms with Crippen molar-refractivity contribution >= 4 is 16.7 Å². The van der Waals surface area contributed by atoms with E-state index in [2.05, 4.69) is 10.3 Å². The molecule has 6 heteroatoms. The average molecular weight is 334 g/mol. The first-order chi connectivity index (χ1) is 10.9. The topological polar surface area (TPSA) is 72.2 Å². The molecule has 2 rings (SSSR count). The number of amides is 1. The van der Waals surface area contributed by atoms with Crippen molar-refractivity contribution in [2.24, 2.45) is 5.92 Å². The maximum absolute atomic E-state index is 12.0. The van der Waals surface area contributed by atoms with Gasteiger partial charge in [-0.05, 0) is 25.0 Å². The van der Waals surface area contributed by atoms with Crippen LogP contribution < -0.4 is 5.32 Å². The lowest BCUT2D eigenvalue weighted by Gasteiger charge is -2.06. The van der Waals surface area contributed by atoms with Gasteiger partial charge in [-0.2, -0.15) is 0 Å². The first kappa shape index (κ1) is 17.4. The fraction of sp³-hybridized carbons (Fsp3) is 0.412. The minimum atomic E-state index is -1.30. The Bertz CT molecular complexity index is 677. The van der Waals surface area contributed by atoms with Crippen LogP contribution in [0.2, 0.25) is 0 Å². The van der Waals surface area contributed by atoms with E-state index in [4.69, 9.17) is 4.42 Å². The third-order valence-corrected chi connectivity index (χ3v) is 4.36. The lowest BCUT2D eigenvalue weighted by atomic mass is 10.1. The molecule has 0 saturated carbocycles. The second-order valence-electron chi connectivity index (χ2n) is 5.94. The Balaban J connectivity index is 1.90. The number of rotatable bonds is 7. The Hall–Kier alpha value is -1.95. The van der Waals surface area contributed by atoms with Crippen LogP contribution in [0.5, 0.6) is 0 Å². The van der Waals surface area contributed by atoms with E-state index in [1.807, 2.05) is 45.0 Å². The van der Waals surface area contributed by atoms with Crippen LogP contribution in [0.4, 0.5) is 0 Å². The number of benzene rings is 1. The summed E-state index contributed by atoms with van der Waals surface area (Å²) in [6.07, 6.45) is 1.50. The van der Waals surface area contributed by atoms with Gasteiger partial charge in [0.1, 0.15) is 12.0 Å². The van der Waals surface area contributed by atoms with Crippen LogP contribution in [0, 0.1) is 12.8 Å². The molecular weight excluding hydrogens is 312 g/mol. The standard InChI is InChI=1S/C17H22N2O3S/c1-12(2)8-18-16(20)11-23(21)10-15-9-22-17(19-15)14-6-4-13(3)5-7-14/h4-7,9,12H,8,10-11H2,1-3H3,(H,18,20)/t23-/m0/s1. The summed E-state index contributed by atoms with van der Waals surface area (Å²) in [6, 6.07) is 7.83. The zero-order valence-corrected chi connectivity index (χ0v) is 14.5. The summed E-state index contributed by atoms with van der Waals surface area (Å²) in [5, 5.41) is 2.76. The highest BCUT2D eigenvalue weighted by Gasteiger charge is 2.13. The highest BCUT2D eigenvalue weighted by atomic mass is 32.2. The van der Waals surface area contributed by atoms with E-state index >= 15 is 0 Å². The van der Waals surface area contributed by atoms with Gasteiger partial charge in [0.15, 0.2) is 0 Å². The number of nitrogens with one attached hydrogen (secondary N) is 1. The molecule has 0 aliphatic carbocycles. The highest BCUT2D eigenvalue weighted by Crippen LogP contribution is 2.19. The molecule has 1 aromatic heterocycles. The first-order valence-corrected chi connectivity index (χ1v) is 9.06. The van der Waals surface area contributed by atoms with Crippen molar-refractivity contribution in [1.82, 2.24) is 10.3 Å². The molecule has 1 N–H and O–H groups in total. The Morgan fingerprint density at radius 1 is 1.30 bits per heavy atom. The SMILES string of the molecule is Cc1ccc(-c2nc(C[S@](=O)CC(=O)NCC(C)C)co2)cc1. The van der Waals surface area contributed by atoms with Gasteiger partial charge in [0.2, 0.25) is 11.8 Å². The van der Waals surface area contributed by atoms with Gasteiger partial charge < -0.3 is 9.73 Å². The van der Waals surface area contributed by atoms with E-state index in [1.165, 1.54) is 6.26 Å². The molecule has 0 bridgehead atoms. The molecule has 1 heterocycles. The molecule has 0 saturated heterocycles. The predicted molar refractivity (Wildman–Crippen MR) is 91.2 cm³/mol. The van der Waals surface area contributed by atoms with Gasteiger partial charge in [-0.1, -0.05) is 31.5 Å². The minimum Gasteiger partial charge on any atom is -0.444 e. The van der Waals surface area contributed by atoms with Crippen LogP contribution >= 0.6 is 0 Å². The van der Waals surface area contributed by atoms with E-state index in [9.17, 15) is 9.00 Å². The monoisotopic (exact) mass is 334 g/mol. The van der Waals surface area contributed by atoms with Gasteiger partial charge in [-0.15, -0.1) is 0 Å². The molecule has 0 fully saturated rings. The smallest absolute Gasteiger partial charge is 0.232 e. The van der Waals surface area contributed by atoms with Crippen molar-refractivity contribution in [2.75, 3.05) is 12.3 Å². The number of hydrogen-bond acceptors (Lipinski definition) is 4. The number of aromatic nitrogens is 1. The van der Waals surface area contributed by atoms with Gasteiger partial charge in [0.05, 0.1) is 11.4 Å². The van der Waals surface area contributed by atoms with Gasteiger partial charge in [0, 0.05) is 22.9 Å². The minimum absolute atomic E-state index is 0.0144. The zero-order chi connectivity index (χ0) is 16.8. The van der Waals surface area contributed by atoms with Crippen LogP contribution in [-0.2, 0) is 21.3 Å². The maximum atomic E-state index is 12.0. The van der Waals surface area contributed by atoms with Gasteiger partial charge in [-0.25, -0.2) is 4.98 Å². The average Bonchev–Trinajstić information content (AvgIpc) is 2.94. The molecule has 0 aliphatic rings. The maximum Gasteiger partial charge on any atom is 0.232 e. The molecule has 1 amide bonds. The van der Waals surface area contributed by atoms with Crippen LogP contribution in [0.15, 0.2) is 34.9 Å². The molecule has 23 heavy (non-hydrogen) atoms. The van der Waals surface area contributed by atoms with Gasteiger partial charge >= 0.3 is 0 Å². The van der Waals surface area contributed by atoms with E-state index in [0.29, 0.717) is 24.0 Å². The number of carbonyl (C=O) groups is 1. The van der Waals surface area contributed by atoms with Gasteiger partial charge in [0.25, 0.3) is 0 Å². The zero-order valence-electron chi connectivity index (χ0n) is 13.7. The van der Waals surface area contributed by atoms with Crippen LogP contribution in [0.25, 0.3) is 11.5 Å². The summed E-state index contributed by atoms with van der Waals surface area (Å²) >= 11 is 0. The summed E-state index contributed by atoms with van der Waals surface area (Å²) < 4.78 is 17.5. The number of nitrogens with zero attached hydrogens (tertiary/aromatic N) is 1. The number of oxazole rings is 1. The number of hydrogen-bond donors (Lipinski definition) is 1. The van der Waals surface area contributed by atoms with Gasteiger partial charge in [-0.3, -0.25) is 9.00 Å². The molecule has 0 unspecified atom stereocenters. The number of carbonyl (C=O) groups excluding carboxylic acids is 1. The quantitative estimate of drug-likeness (QED) is 0.845. The van der Waals surface area contributed by atoms with Crippen molar-refractivity contribution in [2.45, 2.75) is 26.5 Å². The largest absolute Gasteiger partial charge is 0.444 e. The molecular formula is C17H22N2O3S. The molecule has 2 aromatic rings. The summed E-state index contributed by atoms with van der Waals surface area (Å²) in [4.78, 5) is 16.0. The summed E-state index contributed by atoms with van der Waals surface area (Å²) in [5.74, 6) is 0.879. The third-order valence-electron chi connectivity index (χ3n) is 3.16. The molecule has 1 atom stereocenters. The molecule has 0 radical (unpaired) electrons. The van der Waals surface area contributed by atoms with E-state index in [0.717, 1.165) is 11.1 Å². The van der Waals surface area contributed by atoms with Crippen LogP contribution in [0.1, 0.15) is 25.1 Å². The second-order valence-corrected chi connectivity index (χ2v) is 7.39. The predicted octanol–water partition coefficient (Wildman–Crippen LogP) is 2.67. The Morgan fingerprint density at radius 2 is 2.00 bits per heavy atom. The molecule has 124 valence electrons. The normalized spacial score (nSPS) is 12.3. The highest BCUT2D eigenvalue weighted by molar-refractivity contribution is 7.84. The molecule has 0 spiro atoms. The lowest BCUT2D eigenvalue weighted by Crippen LogP contribution is -2.31. The van der Waals surface area contributed by atoms with Crippen LogP contribution in [-0.4, -0.2) is 27.4 Å². The van der Waals surface area contributed by atoms with Crippen molar-refractivity contribution in [3.63, 3.8) is 0 Å². The summed E-state index contributed by atoms with van der Waals surface area (Å²) in [7, 11) is -1.30. The first-order valence-electron chi connectivity index (χ1n) is 7.57. The van der Waals surface area contributed by atoms with Crippen molar-refractivity contribution < 1.29 is 13.4 Å². The fourth-order valence-corrected chi connectivity index (χ4v) is 2.89. The second kappa shape index (κ2) is 8.06. The third kappa shape index (κ3) is 5.63. The van der Waals surface area contributed by atoms with E-state index in [1.54, 1.807) is 0 Å². The molecule has 0 aliphatic heterocycles. The summed E-state index contributed by atoms with van der Waals surface area (Å²) in [5.41, 5.74) is 2.63. The molecule has 1 aromatic carbocycles. The van der Waals surface area contributed by atoms with Crippen molar-refractivity contribution in [3.05, 3.63) is 41.8 Å². The Kier molecular flexibility index (Phi) is 6.10.